The minimum Gasteiger partial charge on any atom is -0.444 e. The lowest BCUT2D eigenvalue weighted by Gasteiger charge is -2.19. The third-order valence-electron chi connectivity index (χ3n) is 2.65. The average molecular weight is 286 g/mol. The van der Waals surface area contributed by atoms with E-state index < -0.39 is 11.7 Å². The van der Waals surface area contributed by atoms with Gasteiger partial charge in [0.05, 0.1) is 0 Å². The molecule has 0 saturated heterocycles. The zero-order valence-corrected chi connectivity index (χ0v) is 12.3. The first-order valence-electron chi connectivity index (χ1n) is 6.63. The molecule has 2 aromatic rings. The van der Waals surface area contributed by atoms with Crippen molar-refractivity contribution in [2.45, 2.75) is 26.4 Å². The SMILES string of the molecule is CC(C)(C)OC(=O)Nc1ccc(-c2ccc(=O)[nH]c2)cc1. The number of aromatic amines is 1. The summed E-state index contributed by atoms with van der Waals surface area (Å²) in [4.78, 5) is 25.3. The van der Waals surface area contributed by atoms with Crippen LogP contribution in [0.1, 0.15) is 20.8 Å². The molecular formula is C16H18N2O3. The molecule has 5 heteroatoms. The van der Waals surface area contributed by atoms with Crippen LogP contribution in [0.3, 0.4) is 0 Å². The Hall–Kier alpha value is -2.56. The van der Waals surface area contributed by atoms with Gasteiger partial charge in [-0.15, -0.1) is 0 Å². The van der Waals surface area contributed by atoms with Gasteiger partial charge < -0.3 is 9.72 Å². The van der Waals surface area contributed by atoms with E-state index in [-0.39, 0.29) is 5.56 Å². The number of H-pyrrole nitrogens is 1. The molecule has 2 rings (SSSR count). The second-order valence-corrected chi connectivity index (χ2v) is 5.65. The summed E-state index contributed by atoms with van der Waals surface area (Å²) in [6, 6.07) is 10.5. The molecule has 0 spiro atoms. The number of ether oxygens (including phenoxy) is 1. The monoisotopic (exact) mass is 286 g/mol. The highest BCUT2D eigenvalue weighted by atomic mass is 16.6. The van der Waals surface area contributed by atoms with E-state index in [1.54, 1.807) is 24.4 Å². The molecule has 1 aromatic heterocycles. The highest BCUT2D eigenvalue weighted by Gasteiger charge is 2.16. The molecule has 1 aromatic carbocycles. The Morgan fingerprint density at radius 3 is 2.19 bits per heavy atom. The third-order valence-corrected chi connectivity index (χ3v) is 2.65. The van der Waals surface area contributed by atoms with Crippen LogP contribution in [-0.2, 0) is 4.74 Å². The van der Waals surface area contributed by atoms with Gasteiger partial charge in [0.25, 0.3) is 0 Å². The molecule has 0 radical (unpaired) electrons. The van der Waals surface area contributed by atoms with Gasteiger partial charge in [0.2, 0.25) is 5.56 Å². The molecule has 1 amide bonds. The van der Waals surface area contributed by atoms with Crippen molar-refractivity contribution >= 4 is 11.8 Å². The Kier molecular flexibility index (Phi) is 4.12. The van der Waals surface area contributed by atoms with Gasteiger partial charge in [-0.05, 0) is 50.1 Å². The topological polar surface area (TPSA) is 71.2 Å². The third kappa shape index (κ3) is 4.49. The van der Waals surface area contributed by atoms with Crippen molar-refractivity contribution in [3.8, 4) is 11.1 Å². The van der Waals surface area contributed by atoms with Gasteiger partial charge in [0, 0.05) is 18.0 Å². The highest BCUT2D eigenvalue weighted by molar-refractivity contribution is 5.85. The normalized spacial score (nSPS) is 11.0. The van der Waals surface area contributed by atoms with E-state index in [4.69, 9.17) is 4.74 Å². The molecule has 0 bridgehead atoms. The van der Waals surface area contributed by atoms with E-state index in [1.807, 2.05) is 32.9 Å². The first-order valence-corrected chi connectivity index (χ1v) is 6.63. The Morgan fingerprint density at radius 2 is 1.67 bits per heavy atom. The van der Waals surface area contributed by atoms with Crippen LogP contribution in [0.25, 0.3) is 11.1 Å². The predicted octanol–water partition coefficient (Wildman–Crippen LogP) is 3.39. The van der Waals surface area contributed by atoms with Crippen molar-refractivity contribution in [2.24, 2.45) is 0 Å². The molecule has 0 aliphatic rings. The molecule has 0 aliphatic carbocycles. The lowest BCUT2D eigenvalue weighted by molar-refractivity contribution is 0.0636. The number of pyridine rings is 1. The van der Waals surface area contributed by atoms with E-state index in [1.165, 1.54) is 6.07 Å². The summed E-state index contributed by atoms with van der Waals surface area (Å²) in [6.07, 6.45) is 1.16. The lowest BCUT2D eigenvalue weighted by atomic mass is 10.1. The van der Waals surface area contributed by atoms with Crippen molar-refractivity contribution in [3.05, 3.63) is 52.9 Å². The molecule has 0 aliphatic heterocycles. The smallest absolute Gasteiger partial charge is 0.412 e. The summed E-state index contributed by atoms with van der Waals surface area (Å²) in [5.74, 6) is 0. The number of nitrogens with one attached hydrogen (secondary N) is 2. The zero-order valence-electron chi connectivity index (χ0n) is 12.3. The molecule has 2 N–H and O–H groups in total. The average Bonchev–Trinajstić information content (AvgIpc) is 2.38. The van der Waals surface area contributed by atoms with Crippen LogP contribution in [0.15, 0.2) is 47.4 Å². The van der Waals surface area contributed by atoms with Crippen LogP contribution in [-0.4, -0.2) is 16.7 Å². The second-order valence-electron chi connectivity index (χ2n) is 5.65. The fourth-order valence-corrected chi connectivity index (χ4v) is 1.76. The van der Waals surface area contributed by atoms with Crippen LogP contribution in [0.2, 0.25) is 0 Å². The molecule has 5 nitrogen and oxygen atoms in total. The fourth-order valence-electron chi connectivity index (χ4n) is 1.76. The largest absolute Gasteiger partial charge is 0.444 e. The van der Waals surface area contributed by atoms with Gasteiger partial charge in [-0.1, -0.05) is 12.1 Å². The molecule has 0 fully saturated rings. The number of carbonyl (C=O) groups excluding carboxylic acids is 1. The van der Waals surface area contributed by atoms with Crippen LogP contribution in [0.4, 0.5) is 10.5 Å². The highest BCUT2D eigenvalue weighted by Crippen LogP contribution is 2.20. The number of benzene rings is 1. The molecule has 0 saturated carbocycles. The number of hydrogen-bond donors (Lipinski definition) is 2. The molecule has 0 atom stereocenters. The van der Waals surface area contributed by atoms with Crippen molar-refractivity contribution in [2.75, 3.05) is 5.32 Å². The summed E-state index contributed by atoms with van der Waals surface area (Å²) < 4.78 is 5.18. The first kappa shape index (κ1) is 14.8. The molecule has 21 heavy (non-hydrogen) atoms. The predicted molar refractivity (Wildman–Crippen MR) is 82.4 cm³/mol. The number of hydrogen-bond acceptors (Lipinski definition) is 3. The summed E-state index contributed by atoms with van der Waals surface area (Å²) >= 11 is 0. The van der Waals surface area contributed by atoms with Crippen LogP contribution in [0, 0.1) is 0 Å². The molecular weight excluding hydrogens is 268 g/mol. The van der Waals surface area contributed by atoms with Crippen LogP contribution in [0.5, 0.6) is 0 Å². The number of aromatic nitrogens is 1. The van der Waals surface area contributed by atoms with Crippen molar-refractivity contribution in [1.29, 1.82) is 0 Å². The maximum Gasteiger partial charge on any atom is 0.412 e. The molecule has 110 valence electrons. The zero-order chi connectivity index (χ0) is 15.5. The van der Waals surface area contributed by atoms with E-state index in [2.05, 4.69) is 10.3 Å². The Morgan fingerprint density at radius 1 is 1.05 bits per heavy atom. The number of anilines is 1. The fraction of sp³-hybridized carbons (Fsp3) is 0.250. The van der Waals surface area contributed by atoms with Crippen molar-refractivity contribution in [3.63, 3.8) is 0 Å². The number of carbonyl (C=O) groups is 1. The number of amides is 1. The van der Waals surface area contributed by atoms with Crippen molar-refractivity contribution < 1.29 is 9.53 Å². The van der Waals surface area contributed by atoms with E-state index >= 15 is 0 Å². The minimum atomic E-state index is -0.528. The van der Waals surface area contributed by atoms with E-state index in [0.29, 0.717) is 5.69 Å². The van der Waals surface area contributed by atoms with E-state index in [9.17, 15) is 9.59 Å². The Bertz CT molecular complexity index is 661. The van der Waals surface area contributed by atoms with E-state index in [0.717, 1.165) is 11.1 Å². The summed E-state index contributed by atoms with van der Waals surface area (Å²) in [5, 5.41) is 2.67. The van der Waals surface area contributed by atoms with Crippen LogP contribution < -0.4 is 10.9 Å². The standard InChI is InChI=1S/C16H18N2O3/c1-16(2,3)21-15(20)18-13-7-4-11(5-8-13)12-6-9-14(19)17-10-12/h4-10H,1-3H3,(H,17,19)(H,18,20). The maximum atomic E-state index is 11.6. The molecule has 1 heterocycles. The van der Waals surface area contributed by atoms with Gasteiger partial charge in [-0.25, -0.2) is 4.79 Å². The van der Waals surface area contributed by atoms with Gasteiger partial charge in [0.15, 0.2) is 0 Å². The van der Waals surface area contributed by atoms with Gasteiger partial charge in [0.1, 0.15) is 5.60 Å². The Labute approximate surface area is 123 Å². The summed E-state index contributed by atoms with van der Waals surface area (Å²) in [7, 11) is 0. The number of rotatable bonds is 2. The quantitative estimate of drug-likeness (QED) is 0.889. The van der Waals surface area contributed by atoms with Gasteiger partial charge in [-0.3, -0.25) is 10.1 Å². The minimum absolute atomic E-state index is 0.137. The lowest BCUT2D eigenvalue weighted by Crippen LogP contribution is -2.27. The van der Waals surface area contributed by atoms with Gasteiger partial charge >= 0.3 is 6.09 Å². The Balaban J connectivity index is 2.07. The summed E-state index contributed by atoms with van der Waals surface area (Å²) in [6.45, 7) is 5.43. The van der Waals surface area contributed by atoms with Gasteiger partial charge in [-0.2, -0.15) is 0 Å². The van der Waals surface area contributed by atoms with Crippen LogP contribution >= 0.6 is 0 Å². The van der Waals surface area contributed by atoms with Crippen molar-refractivity contribution in [1.82, 2.24) is 4.98 Å². The first-order chi connectivity index (χ1) is 9.83. The second kappa shape index (κ2) is 5.83. The maximum absolute atomic E-state index is 11.6. The molecule has 0 unspecified atom stereocenters. The summed E-state index contributed by atoms with van der Waals surface area (Å²) in [5.41, 5.74) is 1.83.